The Morgan fingerprint density at radius 2 is 2.00 bits per heavy atom. The molecule has 3 nitrogen and oxygen atoms in total. The summed E-state index contributed by atoms with van der Waals surface area (Å²) < 4.78 is 2.40. The van der Waals surface area contributed by atoms with Crippen molar-refractivity contribution in [3.8, 4) is 0 Å². The number of aromatic nitrogens is 1. The fourth-order valence-corrected chi connectivity index (χ4v) is 4.12. The standard InChI is InChI=1S/C18H30N2O/c1-14(19-8-5-4-6-9-19)13-20-10-7-15-16(20)11-18(2,3)12-17(15)21/h7,10,14,17,21H,4-6,8-9,11-13H2,1-3H3. The van der Waals surface area contributed by atoms with E-state index in [1.807, 2.05) is 0 Å². The molecule has 0 spiro atoms. The predicted molar refractivity (Wildman–Crippen MR) is 86.4 cm³/mol. The molecule has 3 rings (SSSR count). The van der Waals surface area contributed by atoms with Gasteiger partial charge in [0.05, 0.1) is 6.10 Å². The lowest BCUT2D eigenvalue weighted by molar-refractivity contribution is 0.0967. The molecule has 118 valence electrons. The van der Waals surface area contributed by atoms with Gasteiger partial charge in [0.1, 0.15) is 0 Å². The molecule has 0 bridgehead atoms. The molecule has 21 heavy (non-hydrogen) atoms. The Bertz CT molecular complexity index is 485. The van der Waals surface area contributed by atoms with Crippen molar-refractivity contribution in [2.45, 2.75) is 71.6 Å². The Morgan fingerprint density at radius 3 is 2.71 bits per heavy atom. The van der Waals surface area contributed by atoms with Crippen LogP contribution in [-0.2, 0) is 13.0 Å². The van der Waals surface area contributed by atoms with E-state index < -0.39 is 0 Å². The van der Waals surface area contributed by atoms with Crippen molar-refractivity contribution < 1.29 is 5.11 Å². The number of hydrogen-bond acceptors (Lipinski definition) is 2. The van der Waals surface area contributed by atoms with Gasteiger partial charge in [-0.25, -0.2) is 0 Å². The highest BCUT2D eigenvalue weighted by Gasteiger charge is 2.33. The molecule has 1 fully saturated rings. The van der Waals surface area contributed by atoms with Crippen LogP contribution in [0.15, 0.2) is 12.3 Å². The lowest BCUT2D eigenvalue weighted by Gasteiger charge is -2.36. The van der Waals surface area contributed by atoms with Crippen molar-refractivity contribution in [2.75, 3.05) is 13.1 Å². The van der Waals surface area contributed by atoms with Gasteiger partial charge in [-0.05, 0) is 57.2 Å². The first-order valence-corrected chi connectivity index (χ1v) is 8.56. The fourth-order valence-electron chi connectivity index (χ4n) is 4.12. The van der Waals surface area contributed by atoms with Crippen LogP contribution in [0, 0.1) is 5.41 Å². The van der Waals surface area contributed by atoms with Gasteiger partial charge in [-0.3, -0.25) is 4.90 Å². The normalized spacial score (nSPS) is 27.3. The summed E-state index contributed by atoms with van der Waals surface area (Å²) in [6.45, 7) is 10.4. The SMILES string of the molecule is CC(Cn1ccc2c1CC(C)(C)CC2O)N1CCCCC1. The molecule has 1 aromatic rings. The lowest BCUT2D eigenvalue weighted by atomic mass is 9.75. The monoisotopic (exact) mass is 290 g/mol. The van der Waals surface area contributed by atoms with E-state index in [-0.39, 0.29) is 11.5 Å². The van der Waals surface area contributed by atoms with Gasteiger partial charge in [0.15, 0.2) is 0 Å². The minimum Gasteiger partial charge on any atom is -0.388 e. The minimum absolute atomic E-state index is 0.205. The maximum absolute atomic E-state index is 10.4. The van der Waals surface area contributed by atoms with Gasteiger partial charge < -0.3 is 9.67 Å². The van der Waals surface area contributed by atoms with Crippen molar-refractivity contribution in [1.29, 1.82) is 0 Å². The molecule has 2 unspecified atom stereocenters. The van der Waals surface area contributed by atoms with Crippen molar-refractivity contribution in [3.63, 3.8) is 0 Å². The smallest absolute Gasteiger partial charge is 0.0812 e. The molecule has 0 radical (unpaired) electrons. The minimum atomic E-state index is -0.282. The molecule has 1 saturated heterocycles. The van der Waals surface area contributed by atoms with E-state index in [1.165, 1.54) is 43.6 Å². The zero-order valence-corrected chi connectivity index (χ0v) is 13.8. The van der Waals surface area contributed by atoms with Crippen LogP contribution >= 0.6 is 0 Å². The number of rotatable bonds is 3. The van der Waals surface area contributed by atoms with Crippen molar-refractivity contribution in [1.82, 2.24) is 9.47 Å². The van der Waals surface area contributed by atoms with E-state index in [0.29, 0.717) is 6.04 Å². The molecular weight excluding hydrogens is 260 g/mol. The highest BCUT2D eigenvalue weighted by molar-refractivity contribution is 5.29. The first-order valence-electron chi connectivity index (χ1n) is 8.56. The Labute approximate surface area is 129 Å². The Kier molecular flexibility index (Phi) is 4.15. The zero-order chi connectivity index (χ0) is 15.0. The van der Waals surface area contributed by atoms with Crippen LogP contribution in [0.5, 0.6) is 0 Å². The third-order valence-corrected chi connectivity index (χ3v) is 5.34. The van der Waals surface area contributed by atoms with Crippen LogP contribution < -0.4 is 0 Å². The molecule has 0 aromatic carbocycles. The summed E-state index contributed by atoms with van der Waals surface area (Å²) in [5.41, 5.74) is 2.74. The second-order valence-electron chi connectivity index (χ2n) is 7.88. The number of nitrogens with zero attached hydrogens (tertiary/aromatic N) is 2. The fraction of sp³-hybridized carbons (Fsp3) is 0.778. The predicted octanol–water partition coefficient (Wildman–Crippen LogP) is 3.37. The van der Waals surface area contributed by atoms with Gasteiger partial charge in [-0.15, -0.1) is 0 Å². The maximum atomic E-state index is 10.4. The largest absolute Gasteiger partial charge is 0.388 e. The topological polar surface area (TPSA) is 28.4 Å². The quantitative estimate of drug-likeness (QED) is 0.924. The number of hydrogen-bond donors (Lipinski definition) is 1. The van der Waals surface area contributed by atoms with E-state index in [9.17, 15) is 5.11 Å². The molecule has 0 saturated carbocycles. The summed E-state index contributed by atoms with van der Waals surface area (Å²) in [5, 5.41) is 10.4. The number of aliphatic hydroxyl groups excluding tert-OH is 1. The average Bonchev–Trinajstić information content (AvgIpc) is 2.81. The van der Waals surface area contributed by atoms with Gasteiger partial charge in [-0.1, -0.05) is 20.3 Å². The van der Waals surface area contributed by atoms with Crippen LogP contribution in [0.4, 0.5) is 0 Å². The van der Waals surface area contributed by atoms with Gasteiger partial charge in [-0.2, -0.15) is 0 Å². The number of likely N-dealkylation sites (tertiary alicyclic amines) is 1. The molecule has 2 heterocycles. The number of fused-ring (bicyclic) bond motifs is 1. The summed E-state index contributed by atoms with van der Waals surface area (Å²) >= 11 is 0. The molecule has 3 heteroatoms. The Balaban J connectivity index is 1.75. The summed E-state index contributed by atoms with van der Waals surface area (Å²) in [5.74, 6) is 0. The van der Waals surface area contributed by atoms with E-state index in [4.69, 9.17) is 0 Å². The molecule has 1 aliphatic carbocycles. The third kappa shape index (κ3) is 3.19. The first kappa shape index (κ1) is 15.1. The third-order valence-electron chi connectivity index (χ3n) is 5.34. The Hall–Kier alpha value is -0.800. The molecule has 1 N–H and O–H groups in total. The van der Waals surface area contributed by atoms with Crippen LogP contribution in [0.2, 0.25) is 0 Å². The molecule has 2 atom stereocenters. The number of aliphatic hydroxyl groups is 1. The second kappa shape index (κ2) is 5.77. The van der Waals surface area contributed by atoms with Gasteiger partial charge in [0.2, 0.25) is 0 Å². The number of piperidine rings is 1. The summed E-state index contributed by atoms with van der Waals surface area (Å²) in [7, 11) is 0. The van der Waals surface area contributed by atoms with E-state index in [2.05, 4.69) is 42.5 Å². The zero-order valence-electron chi connectivity index (χ0n) is 13.8. The van der Waals surface area contributed by atoms with Gasteiger partial charge in [0, 0.05) is 30.0 Å². The first-order chi connectivity index (χ1) is 9.96. The summed E-state index contributed by atoms with van der Waals surface area (Å²) in [4.78, 5) is 2.63. The van der Waals surface area contributed by atoms with E-state index in [0.717, 1.165) is 19.4 Å². The molecular formula is C18H30N2O. The Morgan fingerprint density at radius 1 is 1.29 bits per heavy atom. The summed E-state index contributed by atoms with van der Waals surface area (Å²) in [6.07, 6.45) is 7.96. The van der Waals surface area contributed by atoms with Gasteiger partial charge >= 0.3 is 0 Å². The molecule has 2 aliphatic rings. The highest BCUT2D eigenvalue weighted by atomic mass is 16.3. The van der Waals surface area contributed by atoms with Crippen LogP contribution in [0.1, 0.15) is 63.8 Å². The maximum Gasteiger partial charge on any atom is 0.0812 e. The van der Waals surface area contributed by atoms with E-state index >= 15 is 0 Å². The average molecular weight is 290 g/mol. The van der Waals surface area contributed by atoms with Crippen LogP contribution in [0.25, 0.3) is 0 Å². The van der Waals surface area contributed by atoms with Crippen molar-refractivity contribution >= 4 is 0 Å². The van der Waals surface area contributed by atoms with Gasteiger partial charge in [0.25, 0.3) is 0 Å². The molecule has 1 aromatic heterocycles. The summed E-state index contributed by atoms with van der Waals surface area (Å²) in [6, 6.07) is 2.72. The van der Waals surface area contributed by atoms with Crippen molar-refractivity contribution in [3.05, 3.63) is 23.5 Å². The molecule has 1 aliphatic heterocycles. The lowest BCUT2D eigenvalue weighted by Crippen LogP contribution is -2.40. The van der Waals surface area contributed by atoms with Crippen molar-refractivity contribution in [2.24, 2.45) is 5.41 Å². The second-order valence-corrected chi connectivity index (χ2v) is 7.88. The molecule has 0 amide bonds. The highest BCUT2D eigenvalue weighted by Crippen LogP contribution is 2.41. The van der Waals surface area contributed by atoms with Crippen LogP contribution in [-0.4, -0.2) is 33.7 Å². The van der Waals surface area contributed by atoms with E-state index in [1.54, 1.807) is 0 Å². The van der Waals surface area contributed by atoms with Crippen LogP contribution in [0.3, 0.4) is 0 Å².